The summed E-state index contributed by atoms with van der Waals surface area (Å²) in [5.74, 6) is -1.09. The number of hydrogen-bond donors (Lipinski definition) is 2. The van der Waals surface area contributed by atoms with Crippen molar-refractivity contribution in [3.05, 3.63) is 60.6 Å². The van der Waals surface area contributed by atoms with E-state index in [2.05, 4.69) is 11.9 Å². The molecular weight excluding hydrogens is 350 g/mol. The van der Waals surface area contributed by atoms with E-state index in [-0.39, 0.29) is 23.1 Å². The minimum Gasteiger partial charge on any atom is -0.507 e. The van der Waals surface area contributed by atoms with Crippen molar-refractivity contribution in [1.29, 1.82) is 0 Å². The molecule has 3 amide bonds. The lowest BCUT2D eigenvalue weighted by Crippen LogP contribution is -2.50. The van der Waals surface area contributed by atoms with E-state index in [1.54, 1.807) is 15.9 Å². The Bertz CT molecular complexity index is 867. The van der Waals surface area contributed by atoms with Gasteiger partial charge in [0.05, 0.1) is 17.4 Å². The molecule has 8 heteroatoms. The van der Waals surface area contributed by atoms with E-state index in [0.29, 0.717) is 37.4 Å². The number of carbonyl (C=O) groups excluding carboxylic acids is 3. The lowest BCUT2D eigenvalue weighted by molar-refractivity contribution is -0.111. The Labute approximate surface area is 155 Å². The number of nitrogens with zero attached hydrogens (tertiary/aromatic N) is 2. The lowest BCUT2D eigenvalue weighted by atomic mass is 10.1. The van der Waals surface area contributed by atoms with Gasteiger partial charge in [0.15, 0.2) is 0 Å². The number of phenols is 1. The highest BCUT2D eigenvalue weighted by Crippen LogP contribution is 2.24. The minimum absolute atomic E-state index is 0.0893. The number of furan rings is 1. The molecule has 2 heterocycles. The van der Waals surface area contributed by atoms with Gasteiger partial charge in [0, 0.05) is 31.9 Å². The summed E-state index contributed by atoms with van der Waals surface area (Å²) < 4.78 is 4.93. The molecule has 1 saturated heterocycles. The molecule has 0 saturated carbocycles. The quantitative estimate of drug-likeness (QED) is 0.631. The van der Waals surface area contributed by atoms with Gasteiger partial charge in [0.2, 0.25) is 5.91 Å². The van der Waals surface area contributed by atoms with Crippen LogP contribution in [0.3, 0.4) is 0 Å². The van der Waals surface area contributed by atoms with Crippen molar-refractivity contribution in [2.24, 2.45) is 0 Å². The molecule has 0 spiro atoms. The van der Waals surface area contributed by atoms with Crippen molar-refractivity contribution < 1.29 is 23.9 Å². The van der Waals surface area contributed by atoms with Crippen molar-refractivity contribution >= 4 is 23.4 Å². The van der Waals surface area contributed by atoms with E-state index >= 15 is 0 Å². The maximum atomic E-state index is 12.7. The molecule has 1 fully saturated rings. The molecule has 27 heavy (non-hydrogen) atoms. The number of nitrogens with one attached hydrogen (secondary N) is 1. The predicted octanol–water partition coefficient (Wildman–Crippen LogP) is 1.71. The number of phenolic OH excluding ortho intramolecular Hbond substituents is 1. The number of rotatable bonds is 4. The molecule has 0 unspecified atom stereocenters. The number of amides is 3. The topological polar surface area (TPSA) is 103 Å². The van der Waals surface area contributed by atoms with Crippen LogP contribution in [0.1, 0.15) is 20.7 Å². The second kappa shape index (κ2) is 7.77. The summed E-state index contributed by atoms with van der Waals surface area (Å²) >= 11 is 0. The number of piperazine rings is 1. The van der Waals surface area contributed by atoms with Crippen LogP contribution in [0.4, 0.5) is 5.69 Å². The Balaban J connectivity index is 1.67. The fourth-order valence-electron chi connectivity index (χ4n) is 2.83. The van der Waals surface area contributed by atoms with Crippen LogP contribution in [0.5, 0.6) is 5.75 Å². The van der Waals surface area contributed by atoms with Crippen molar-refractivity contribution in [2.75, 3.05) is 31.5 Å². The first kappa shape index (κ1) is 18.2. The van der Waals surface area contributed by atoms with E-state index in [1.807, 2.05) is 0 Å². The third-order valence-corrected chi connectivity index (χ3v) is 4.30. The van der Waals surface area contributed by atoms with Crippen LogP contribution in [0, 0.1) is 0 Å². The first-order valence-corrected chi connectivity index (χ1v) is 8.37. The second-order valence-electron chi connectivity index (χ2n) is 6.02. The third kappa shape index (κ3) is 4.00. The number of benzene rings is 1. The first-order valence-electron chi connectivity index (χ1n) is 8.37. The maximum Gasteiger partial charge on any atom is 0.257 e. The summed E-state index contributed by atoms with van der Waals surface area (Å²) in [7, 11) is 0. The molecule has 8 nitrogen and oxygen atoms in total. The Morgan fingerprint density at radius 3 is 2.33 bits per heavy atom. The predicted molar refractivity (Wildman–Crippen MR) is 97.4 cm³/mol. The fourth-order valence-corrected chi connectivity index (χ4v) is 2.83. The summed E-state index contributed by atoms with van der Waals surface area (Å²) in [6.45, 7) is 4.80. The molecule has 1 aliphatic heterocycles. The average molecular weight is 369 g/mol. The molecule has 3 rings (SSSR count). The monoisotopic (exact) mass is 369 g/mol. The molecule has 2 N–H and O–H groups in total. The standard InChI is InChI=1S/C19H19N3O5/c1-2-17(24)20-14-3-4-16(23)15(11-14)19(26)22-8-6-21(7-9-22)18(25)13-5-10-27-12-13/h2-5,10-12,23H,1,6-9H2,(H,20,24). The van der Waals surface area contributed by atoms with Crippen LogP contribution in [0.15, 0.2) is 53.9 Å². The van der Waals surface area contributed by atoms with Crippen LogP contribution >= 0.6 is 0 Å². The van der Waals surface area contributed by atoms with Gasteiger partial charge in [0.25, 0.3) is 11.8 Å². The summed E-state index contributed by atoms with van der Waals surface area (Å²) in [5.41, 5.74) is 0.944. The zero-order valence-corrected chi connectivity index (χ0v) is 14.6. The van der Waals surface area contributed by atoms with Gasteiger partial charge in [-0.25, -0.2) is 0 Å². The molecule has 0 aliphatic carbocycles. The smallest absolute Gasteiger partial charge is 0.257 e. The molecule has 1 aromatic heterocycles. The Kier molecular flexibility index (Phi) is 5.25. The van der Waals surface area contributed by atoms with Gasteiger partial charge < -0.3 is 24.6 Å². The molecule has 1 aromatic carbocycles. The van der Waals surface area contributed by atoms with Gasteiger partial charge in [-0.3, -0.25) is 14.4 Å². The van der Waals surface area contributed by atoms with Crippen LogP contribution in [-0.2, 0) is 4.79 Å². The largest absolute Gasteiger partial charge is 0.507 e. The fraction of sp³-hybridized carbons (Fsp3) is 0.211. The normalized spacial score (nSPS) is 13.9. The highest BCUT2D eigenvalue weighted by Gasteiger charge is 2.27. The van der Waals surface area contributed by atoms with Crippen molar-refractivity contribution in [1.82, 2.24) is 9.80 Å². The number of aromatic hydroxyl groups is 1. The summed E-state index contributed by atoms with van der Waals surface area (Å²) in [6, 6.07) is 5.86. The molecular formula is C19H19N3O5. The van der Waals surface area contributed by atoms with E-state index in [0.717, 1.165) is 6.08 Å². The molecule has 2 aromatic rings. The molecule has 0 atom stereocenters. The summed E-state index contributed by atoms with van der Waals surface area (Å²) in [5, 5.41) is 12.6. The number of anilines is 1. The van der Waals surface area contributed by atoms with E-state index in [4.69, 9.17) is 4.42 Å². The lowest BCUT2D eigenvalue weighted by Gasteiger charge is -2.34. The van der Waals surface area contributed by atoms with Gasteiger partial charge in [-0.2, -0.15) is 0 Å². The Morgan fingerprint density at radius 2 is 1.74 bits per heavy atom. The second-order valence-corrected chi connectivity index (χ2v) is 6.02. The summed E-state index contributed by atoms with van der Waals surface area (Å²) in [4.78, 5) is 39.7. The zero-order valence-electron chi connectivity index (χ0n) is 14.6. The van der Waals surface area contributed by atoms with Gasteiger partial charge in [-0.15, -0.1) is 0 Å². The van der Waals surface area contributed by atoms with Crippen molar-refractivity contribution in [2.45, 2.75) is 0 Å². The SMILES string of the molecule is C=CC(=O)Nc1ccc(O)c(C(=O)N2CCN(C(=O)c3ccoc3)CC2)c1. The highest BCUT2D eigenvalue weighted by molar-refractivity contribution is 6.02. The van der Waals surface area contributed by atoms with Crippen LogP contribution in [-0.4, -0.2) is 58.8 Å². The third-order valence-electron chi connectivity index (χ3n) is 4.30. The van der Waals surface area contributed by atoms with Gasteiger partial charge in [0.1, 0.15) is 12.0 Å². The molecule has 140 valence electrons. The van der Waals surface area contributed by atoms with Crippen LogP contribution in [0.2, 0.25) is 0 Å². The van der Waals surface area contributed by atoms with Crippen molar-refractivity contribution in [3.8, 4) is 5.75 Å². The zero-order chi connectivity index (χ0) is 19.4. The average Bonchev–Trinajstić information content (AvgIpc) is 3.23. The van der Waals surface area contributed by atoms with Gasteiger partial charge in [-0.05, 0) is 30.3 Å². The van der Waals surface area contributed by atoms with E-state index < -0.39 is 5.91 Å². The Hall–Kier alpha value is -3.55. The Morgan fingerprint density at radius 1 is 1.07 bits per heavy atom. The van der Waals surface area contributed by atoms with Crippen molar-refractivity contribution in [3.63, 3.8) is 0 Å². The van der Waals surface area contributed by atoms with Crippen LogP contribution in [0.25, 0.3) is 0 Å². The number of hydrogen-bond acceptors (Lipinski definition) is 5. The molecule has 0 radical (unpaired) electrons. The van der Waals surface area contributed by atoms with Crippen LogP contribution < -0.4 is 5.32 Å². The molecule has 1 aliphatic rings. The van der Waals surface area contributed by atoms with E-state index in [9.17, 15) is 19.5 Å². The highest BCUT2D eigenvalue weighted by atomic mass is 16.3. The number of carbonyl (C=O) groups is 3. The van der Waals surface area contributed by atoms with Gasteiger partial charge >= 0.3 is 0 Å². The first-order chi connectivity index (χ1) is 13.0. The van der Waals surface area contributed by atoms with E-state index in [1.165, 1.54) is 30.7 Å². The summed E-state index contributed by atoms with van der Waals surface area (Å²) in [6.07, 6.45) is 3.94. The van der Waals surface area contributed by atoms with Gasteiger partial charge in [-0.1, -0.05) is 6.58 Å². The molecule has 0 bridgehead atoms. The maximum absolute atomic E-state index is 12.7. The minimum atomic E-state index is -0.412.